The lowest BCUT2D eigenvalue weighted by Gasteiger charge is -1.88. The summed E-state index contributed by atoms with van der Waals surface area (Å²) in [6, 6.07) is 0. The van der Waals surface area contributed by atoms with Crippen molar-refractivity contribution in [3.8, 4) is 0 Å². The second kappa shape index (κ2) is 3.85. The predicted molar refractivity (Wildman–Crippen MR) is 41.3 cm³/mol. The van der Waals surface area contributed by atoms with E-state index in [2.05, 4.69) is 9.97 Å². The van der Waals surface area contributed by atoms with Crippen molar-refractivity contribution in [3.05, 3.63) is 30.3 Å². The van der Waals surface area contributed by atoms with Crippen molar-refractivity contribution in [3.63, 3.8) is 0 Å². The Balaban J connectivity index is 2.65. The lowest BCUT2D eigenvalue weighted by atomic mass is 9.91. The normalized spacial score (nSPS) is 10.4. The van der Waals surface area contributed by atoms with Gasteiger partial charge in [0.1, 0.15) is 6.33 Å². The molecule has 1 aromatic heterocycles. The van der Waals surface area contributed by atoms with Crippen LogP contribution in [0.4, 0.5) is 0 Å². The Kier molecular flexibility index (Phi) is 2.77. The predicted octanol–water partition coefficient (Wildman–Crippen LogP) is -0.498. The summed E-state index contributed by atoms with van der Waals surface area (Å²) in [7, 11) is -1.42. The van der Waals surface area contributed by atoms with E-state index in [0.29, 0.717) is 0 Å². The highest BCUT2D eigenvalue weighted by Gasteiger charge is 1.97. The van der Waals surface area contributed by atoms with Crippen molar-refractivity contribution >= 4 is 13.2 Å². The molecule has 1 aromatic rings. The van der Waals surface area contributed by atoms with Crippen LogP contribution in [0.15, 0.2) is 24.7 Å². The van der Waals surface area contributed by atoms with Crippen molar-refractivity contribution in [2.75, 3.05) is 0 Å². The minimum atomic E-state index is -1.42. The average molecular weight is 150 g/mol. The third-order valence-corrected chi connectivity index (χ3v) is 1.04. The molecule has 0 spiro atoms. The van der Waals surface area contributed by atoms with E-state index >= 15 is 0 Å². The molecule has 0 aliphatic heterocycles. The van der Waals surface area contributed by atoms with Gasteiger partial charge in [-0.3, -0.25) is 0 Å². The van der Waals surface area contributed by atoms with E-state index in [9.17, 15) is 0 Å². The quantitative estimate of drug-likeness (QED) is 0.557. The Morgan fingerprint density at radius 2 is 1.91 bits per heavy atom. The first-order valence-electron chi connectivity index (χ1n) is 3.08. The molecule has 0 bridgehead atoms. The van der Waals surface area contributed by atoms with Crippen LogP contribution in [0, 0.1) is 0 Å². The summed E-state index contributed by atoms with van der Waals surface area (Å²) in [5.41, 5.74) is 0.737. The summed E-state index contributed by atoms with van der Waals surface area (Å²) in [5, 5.41) is 16.9. The number of aromatic nitrogens is 2. The second-order valence-electron chi connectivity index (χ2n) is 1.94. The van der Waals surface area contributed by atoms with Gasteiger partial charge in [-0.05, 0) is 0 Å². The first kappa shape index (κ1) is 7.91. The van der Waals surface area contributed by atoms with Gasteiger partial charge in [0.05, 0.1) is 0 Å². The summed E-state index contributed by atoms with van der Waals surface area (Å²) in [5.74, 6) is 1.23. The molecule has 0 aliphatic rings. The van der Waals surface area contributed by atoms with Gasteiger partial charge in [-0.15, -0.1) is 0 Å². The highest BCUT2D eigenvalue weighted by Crippen LogP contribution is 1.95. The third kappa shape index (κ3) is 2.93. The fourth-order valence-corrected chi connectivity index (χ4v) is 0.594. The van der Waals surface area contributed by atoms with Gasteiger partial charge >= 0.3 is 7.12 Å². The van der Waals surface area contributed by atoms with E-state index in [1.165, 1.54) is 18.4 Å². The molecule has 0 fully saturated rings. The molecule has 0 aromatic carbocycles. The zero-order chi connectivity index (χ0) is 8.10. The van der Waals surface area contributed by atoms with Gasteiger partial charge in [-0.25, -0.2) is 9.97 Å². The Bertz CT molecular complexity index is 238. The summed E-state index contributed by atoms with van der Waals surface area (Å²) < 4.78 is 0. The molecule has 5 heteroatoms. The van der Waals surface area contributed by atoms with Crippen LogP contribution in [-0.2, 0) is 0 Å². The highest BCUT2D eigenvalue weighted by atomic mass is 16.4. The number of hydrogen-bond donors (Lipinski definition) is 2. The van der Waals surface area contributed by atoms with Crippen LogP contribution in [0.2, 0.25) is 0 Å². The highest BCUT2D eigenvalue weighted by molar-refractivity contribution is 6.48. The molecule has 1 heterocycles. The molecule has 0 radical (unpaired) electrons. The SMILES string of the molecule is OB(O)/C=C/c1cncnc1. The second-order valence-corrected chi connectivity index (χ2v) is 1.94. The van der Waals surface area contributed by atoms with Crippen LogP contribution in [0.3, 0.4) is 0 Å². The molecule has 0 unspecified atom stereocenters. The third-order valence-electron chi connectivity index (χ3n) is 1.04. The van der Waals surface area contributed by atoms with Crippen LogP contribution >= 0.6 is 0 Å². The van der Waals surface area contributed by atoms with E-state index in [1.54, 1.807) is 12.4 Å². The summed E-state index contributed by atoms with van der Waals surface area (Å²) >= 11 is 0. The van der Waals surface area contributed by atoms with Gasteiger partial charge in [0, 0.05) is 18.0 Å². The van der Waals surface area contributed by atoms with E-state index in [1.807, 2.05) is 0 Å². The van der Waals surface area contributed by atoms with Crippen LogP contribution < -0.4 is 0 Å². The van der Waals surface area contributed by atoms with Crippen molar-refractivity contribution in [2.45, 2.75) is 0 Å². The van der Waals surface area contributed by atoms with E-state index < -0.39 is 7.12 Å². The molecule has 0 amide bonds. The molecule has 2 N–H and O–H groups in total. The van der Waals surface area contributed by atoms with Gasteiger partial charge in [-0.2, -0.15) is 0 Å². The molecular weight excluding hydrogens is 143 g/mol. The fourth-order valence-electron chi connectivity index (χ4n) is 0.594. The molecule has 1 rings (SSSR count). The van der Waals surface area contributed by atoms with Crippen molar-refractivity contribution in [1.82, 2.24) is 9.97 Å². The average Bonchev–Trinajstić information content (AvgIpc) is 2.03. The van der Waals surface area contributed by atoms with E-state index in [-0.39, 0.29) is 0 Å². The van der Waals surface area contributed by atoms with Crippen molar-refractivity contribution in [1.29, 1.82) is 0 Å². The lowest BCUT2D eigenvalue weighted by Crippen LogP contribution is -2.05. The zero-order valence-corrected chi connectivity index (χ0v) is 5.75. The minimum Gasteiger partial charge on any atom is -0.424 e. The summed E-state index contributed by atoms with van der Waals surface area (Å²) in [6.07, 6.45) is 6.09. The van der Waals surface area contributed by atoms with Gasteiger partial charge in [0.2, 0.25) is 0 Å². The number of hydrogen-bond acceptors (Lipinski definition) is 4. The van der Waals surface area contributed by atoms with E-state index in [4.69, 9.17) is 10.0 Å². The molecule has 0 aliphatic carbocycles. The van der Waals surface area contributed by atoms with Crippen LogP contribution in [-0.4, -0.2) is 27.1 Å². The molecule has 11 heavy (non-hydrogen) atoms. The Morgan fingerprint density at radius 1 is 1.27 bits per heavy atom. The number of nitrogens with zero attached hydrogens (tertiary/aromatic N) is 2. The maximum atomic E-state index is 8.44. The standard InChI is InChI=1S/C6H7BN2O2/c10-7(11)2-1-6-3-8-5-9-4-6/h1-5,10-11H/b2-1+. The molecule has 4 nitrogen and oxygen atoms in total. The summed E-state index contributed by atoms with van der Waals surface area (Å²) in [6.45, 7) is 0. The van der Waals surface area contributed by atoms with Crippen molar-refractivity contribution in [2.24, 2.45) is 0 Å². The topological polar surface area (TPSA) is 66.2 Å². The van der Waals surface area contributed by atoms with Gasteiger partial charge in [0.25, 0.3) is 0 Å². The monoisotopic (exact) mass is 150 g/mol. The largest absolute Gasteiger partial charge is 0.480 e. The van der Waals surface area contributed by atoms with E-state index in [0.717, 1.165) is 5.56 Å². The van der Waals surface area contributed by atoms with Crippen LogP contribution in [0.5, 0.6) is 0 Å². The van der Waals surface area contributed by atoms with Gasteiger partial charge in [-0.1, -0.05) is 12.1 Å². The number of rotatable bonds is 2. The molecule has 0 atom stereocenters. The van der Waals surface area contributed by atoms with Crippen LogP contribution in [0.25, 0.3) is 6.08 Å². The van der Waals surface area contributed by atoms with Gasteiger partial charge in [0.15, 0.2) is 0 Å². The first-order chi connectivity index (χ1) is 5.29. The minimum absolute atomic E-state index is 0.737. The maximum Gasteiger partial charge on any atom is 0.480 e. The maximum absolute atomic E-state index is 8.44. The summed E-state index contributed by atoms with van der Waals surface area (Å²) in [4.78, 5) is 7.47. The molecular formula is C6H7BN2O2. The Hall–Kier alpha value is -1.20. The first-order valence-corrected chi connectivity index (χ1v) is 3.08. The molecule has 0 saturated heterocycles. The smallest absolute Gasteiger partial charge is 0.424 e. The van der Waals surface area contributed by atoms with Gasteiger partial charge < -0.3 is 10.0 Å². The molecule has 0 saturated carbocycles. The van der Waals surface area contributed by atoms with Crippen LogP contribution in [0.1, 0.15) is 5.56 Å². The Labute approximate surface area is 64.4 Å². The molecule has 56 valence electrons. The lowest BCUT2D eigenvalue weighted by molar-refractivity contribution is 0.424. The van der Waals surface area contributed by atoms with Crippen molar-refractivity contribution < 1.29 is 10.0 Å². The Morgan fingerprint density at radius 3 is 2.45 bits per heavy atom. The zero-order valence-electron chi connectivity index (χ0n) is 5.75. The fraction of sp³-hybridized carbons (Fsp3) is 0.